The second-order valence-corrected chi connectivity index (χ2v) is 5.81. The van der Waals surface area contributed by atoms with Crippen molar-refractivity contribution in [2.45, 2.75) is 6.92 Å². The van der Waals surface area contributed by atoms with Gasteiger partial charge in [-0.1, -0.05) is 12.1 Å². The van der Waals surface area contributed by atoms with E-state index in [0.717, 1.165) is 11.4 Å². The summed E-state index contributed by atoms with van der Waals surface area (Å²) < 4.78 is 21.4. The molecule has 1 amide bonds. The van der Waals surface area contributed by atoms with Crippen molar-refractivity contribution >= 4 is 17.3 Å². The second-order valence-electron chi connectivity index (χ2n) is 5.81. The average Bonchev–Trinajstić information content (AvgIpc) is 2.72. The zero-order chi connectivity index (χ0) is 20.0. The summed E-state index contributed by atoms with van der Waals surface area (Å²) >= 11 is 0. The van der Waals surface area contributed by atoms with Gasteiger partial charge < -0.3 is 29.6 Å². The summed E-state index contributed by atoms with van der Waals surface area (Å²) in [5, 5.41) is 5.95. The standard InChI is InChI=1S/C21H28N2O5/c1-3-26-13-15-28-20-7-5-4-6-19(20)22-16-21(24)23-17-8-10-18(11-9-17)27-14-12-25-2/h4-11,22H,3,12-16H2,1-2H3,(H,23,24). The highest BCUT2D eigenvalue weighted by Gasteiger charge is 2.06. The van der Waals surface area contributed by atoms with Gasteiger partial charge in [0, 0.05) is 19.4 Å². The Morgan fingerprint density at radius 2 is 1.68 bits per heavy atom. The van der Waals surface area contributed by atoms with E-state index < -0.39 is 0 Å². The van der Waals surface area contributed by atoms with Crippen LogP contribution in [0.5, 0.6) is 11.5 Å². The topological polar surface area (TPSA) is 78.1 Å². The van der Waals surface area contributed by atoms with Crippen molar-refractivity contribution in [1.29, 1.82) is 0 Å². The SMILES string of the molecule is CCOCCOc1ccccc1NCC(=O)Nc1ccc(OCCOC)cc1. The van der Waals surface area contributed by atoms with Crippen molar-refractivity contribution < 1.29 is 23.7 Å². The molecule has 0 bridgehead atoms. The predicted octanol–water partition coefficient (Wildman–Crippen LogP) is 3.18. The molecule has 0 heterocycles. The summed E-state index contributed by atoms with van der Waals surface area (Å²) in [6.45, 7) is 4.71. The fourth-order valence-electron chi connectivity index (χ4n) is 2.35. The molecule has 0 radical (unpaired) electrons. The van der Waals surface area contributed by atoms with Crippen LogP contribution in [0.15, 0.2) is 48.5 Å². The molecule has 2 N–H and O–H groups in total. The number of methoxy groups -OCH3 is 1. The van der Waals surface area contributed by atoms with Crippen LogP contribution in [-0.4, -0.2) is 52.6 Å². The number of carbonyl (C=O) groups excluding carboxylic acids is 1. The first-order chi connectivity index (χ1) is 13.7. The highest BCUT2D eigenvalue weighted by molar-refractivity contribution is 5.94. The maximum atomic E-state index is 12.2. The third-order valence-electron chi connectivity index (χ3n) is 3.71. The Kier molecular flexibility index (Phi) is 9.68. The minimum absolute atomic E-state index is 0.123. The van der Waals surface area contributed by atoms with Crippen LogP contribution in [0.4, 0.5) is 11.4 Å². The van der Waals surface area contributed by atoms with Gasteiger partial charge in [0.25, 0.3) is 0 Å². The third-order valence-corrected chi connectivity index (χ3v) is 3.71. The summed E-state index contributed by atoms with van der Waals surface area (Å²) in [7, 11) is 1.63. The molecule has 7 heteroatoms. The lowest BCUT2D eigenvalue weighted by Gasteiger charge is -2.13. The number of carbonyl (C=O) groups is 1. The van der Waals surface area contributed by atoms with Crippen LogP contribution in [0.3, 0.4) is 0 Å². The number of amides is 1. The van der Waals surface area contributed by atoms with Crippen LogP contribution in [0.25, 0.3) is 0 Å². The van der Waals surface area contributed by atoms with E-state index in [4.69, 9.17) is 18.9 Å². The van der Waals surface area contributed by atoms with Crippen LogP contribution in [-0.2, 0) is 14.3 Å². The van der Waals surface area contributed by atoms with Gasteiger partial charge in [-0.25, -0.2) is 0 Å². The maximum Gasteiger partial charge on any atom is 0.243 e. The van der Waals surface area contributed by atoms with E-state index in [1.165, 1.54) is 0 Å². The van der Waals surface area contributed by atoms with Gasteiger partial charge >= 0.3 is 0 Å². The highest BCUT2D eigenvalue weighted by atomic mass is 16.5. The molecule has 0 aliphatic heterocycles. The molecule has 28 heavy (non-hydrogen) atoms. The Bertz CT molecular complexity index is 706. The van der Waals surface area contributed by atoms with E-state index in [-0.39, 0.29) is 12.5 Å². The molecule has 0 saturated heterocycles. The van der Waals surface area contributed by atoms with Crippen LogP contribution < -0.4 is 20.1 Å². The second kappa shape index (κ2) is 12.6. The number of hydrogen-bond donors (Lipinski definition) is 2. The number of ether oxygens (including phenoxy) is 4. The summed E-state index contributed by atoms with van der Waals surface area (Å²) in [6, 6.07) is 14.7. The van der Waals surface area contributed by atoms with Crippen LogP contribution in [0, 0.1) is 0 Å². The van der Waals surface area contributed by atoms with E-state index >= 15 is 0 Å². The summed E-state index contributed by atoms with van der Waals surface area (Å²) in [5.74, 6) is 1.26. The molecule has 0 unspecified atom stereocenters. The van der Waals surface area contributed by atoms with Crippen LogP contribution in [0.2, 0.25) is 0 Å². The van der Waals surface area contributed by atoms with Crippen molar-refractivity contribution in [1.82, 2.24) is 0 Å². The molecule has 0 aliphatic carbocycles. The molecule has 2 rings (SSSR count). The molecule has 0 aromatic heterocycles. The van der Waals surface area contributed by atoms with Gasteiger partial charge in [-0.05, 0) is 43.3 Å². The Labute approximate surface area is 165 Å². The zero-order valence-electron chi connectivity index (χ0n) is 16.4. The van der Waals surface area contributed by atoms with E-state index in [1.54, 1.807) is 31.4 Å². The Balaban J connectivity index is 1.79. The van der Waals surface area contributed by atoms with Gasteiger partial charge in [0.05, 0.1) is 25.4 Å². The molecule has 2 aromatic rings. The first kappa shape index (κ1) is 21.5. The fourth-order valence-corrected chi connectivity index (χ4v) is 2.35. The molecule has 0 fully saturated rings. The smallest absolute Gasteiger partial charge is 0.243 e. The van der Waals surface area contributed by atoms with Crippen molar-refractivity contribution in [2.75, 3.05) is 57.3 Å². The number of para-hydroxylation sites is 2. The molecule has 0 aliphatic rings. The van der Waals surface area contributed by atoms with Gasteiger partial charge in [0.15, 0.2) is 0 Å². The van der Waals surface area contributed by atoms with Crippen molar-refractivity contribution in [2.24, 2.45) is 0 Å². The Hall–Kier alpha value is -2.77. The van der Waals surface area contributed by atoms with Crippen molar-refractivity contribution in [3.8, 4) is 11.5 Å². The number of hydrogen-bond acceptors (Lipinski definition) is 6. The van der Waals surface area contributed by atoms with Gasteiger partial charge in [-0.3, -0.25) is 4.79 Å². The summed E-state index contributed by atoms with van der Waals surface area (Å²) in [5.41, 5.74) is 1.46. The average molecular weight is 388 g/mol. The lowest BCUT2D eigenvalue weighted by molar-refractivity contribution is -0.114. The summed E-state index contributed by atoms with van der Waals surface area (Å²) in [4.78, 5) is 12.2. The molecule has 0 atom stereocenters. The lowest BCUT2D eigenvalue weighted by Crippen LogP contribution is -2.22. The quantitative estimate of drug-likeness (QED) is 0.513. The van der Waals surface area contributed by atoms with E-state index in [0.29, 0.717) is 44.5 Å². The number of nitrogens with one attached hydrogen (secondary N) is 2. The van der Waals surface area contributed by atoms with Gasteiger partial charge in [-0.15, -0.1) is 0 Å². The Morgan fingerprint density at radius 1 is 0.929 bits per heavy atom. The van der Waals surface area contributed by atoms with Crippen LogP contribution >= 0.6 is 0 Å². The largest absolute Gasteiger partial charge is 0.491 e. The predicted molar refractivity (Wildman–Crippen MR) is 109 cm³/mol. The fraction of sp³-hybridized carbons (Fsp3) is 0.381. The number of rotatable bonds is 13. The van der Waals surface area contributed by atoms with Crippen molar-refractivity contribution in [3.63, 3.8) is 0 Å². The molecule has 0 saturated carbocycles. The first-order valence-corrected chi connectivity index (χ1v) is 9.28. The minimum atomic E-state index is -0.155. The van der Waals surface area contributed by atoms with Crippen LogP contribution in [0.1, 0.15) is 6.92 Å². The third kappa shape index (κ3) is 7.85. The van der Waals surface area contributed by atoms with E-state index in [9.17, 15) is 4.79 Å². The van der Waals surface area contributed by atoms with Crippen molar-refractivity contribution in [3.05, 3.63) is 48.5 Å². The van der Waals surface area contributed by atoms with Gasteiger partial charge in [0.1, 0.15) is 24.7 Å². The molecular weight excluding hydrogens is 360 g/mol. The number of benzene rings is 2. The Morgan fingerprint density at radius 3 is 2.43 bits per heavy atom. The number of anilines is 2. The molecule has 7 nitrogen and oxygen atoms in total. The molecule has 0 spiro atoms. The minimum Gasteiger partial charge on any atom is -0.491 e. The normalized spacial score (nSPS) is 10.4. The van der Waals surface area contributed by atoms with E-state index in [1.807, 2.05) is 31.2 Å². The first-order valence-electron chi connectivity index (χ1n) is 9.28. The monoisotopic (exact) mass is 388 g/mol. The molecular formula is C21H28N2O5. The van der Waals surface area contributed by atoms with Gasteiger partial charge in [0.2, 0.25) is 5.91 Å². The van der Waals surface area contributed by atoms with E-state index in [2.05, 4.69) is 10.6 Å². The highest BCUT2D eigenvalue weighted by Crippen LogP contribution is 2.23. The summed E-state index contributed by atoms with van der Waals surface area (Å²) in [6.07, 6.45) is 0. The maximum absolute atomic E-state index is 12.2. The molecule has 2 aromatic carbocycles. The lowest BCUT2D eigenvalue weighted by atomic mass is 10.3. The molecule has 152 valence electrons. The zero-order valence-corrected chi connectivity index (χ0v) is 16.4. The van der Waals surface area contributed by atoms with Gasteiger partial charge in [-0.2, -0.15) is 0 Å².